The third-order valence-electron chi connectivity index (χ3n) is 5.01. The molecule has 0 saturated carbocycles. The van der Waals surface area contributed by atoms with E-state index in [1.54, 1.807) is 6.92 Å². The fraction of sp³-hybridized carbons (Fsp3) is 0.824. The first-order chi connectivity index (χ1) is 12.3. The van der Waals surface area contributed by atoms with Crippen LogP contribution in [-0.2, 0) is 26.0 Å². The van der Waals surface area contributed by atoms with E-state index in [0.717, 1.165) is 24.2 Å². The molecule has 1 rings (SSSR count). The van der Waals surface area contributed by atoms with Gasteiger partial charge in [-0.3, -0.25) is 0 Å². The van der Waals surface area contributed by atoms with Crippen LogP contribution in [0.25, 0.3) is 0 Å². The number of esters is 1. The van der Waals surface area contributed by atoms with Crippen molar-refractivity contribution in [2.75, 3.05) is 6.61 Å². The molecular formula is C17H38O6Si4. The first-order valence-corrected chi connectivity index (χ1v) is 20.1. The van der Waals surface area contributed by atoms with Crippen molar-refractivity contribution in [3.05, 3.63) is 12.2 Å². The Balaban J connectivity index is 2.96. The average Bonchev–Trinajstić information content (AvgIpc) is 2.56. The van der Waals surface area contributed by atoms with E-state index in [1.807, 2.05) is 0 Å². The fourth-order valence-corrected chi connectivity index (χ4v) is 25.0. The molecule has 158 valence electrons. The summed E-state index contributed by atoms with van der Waals surface area (Å²) in [4.78, 5) is 11.6. The Morgan fingerprint density at radius 2 is 1.19 bits per heavy atom. The minimum absolute atomic E-state index is 0.346. The van der Waals surface area contributed by atoms with Crippen LogP contribution in [0.4, 0.5) is 0 Å². The molecule has 0 aliphatic carbocycles. The Labute approximate surface area is 169 Å². The number of ether oxygens (including phenoxy) is 1. The van der Waals surface area contributed by atoms with Gasteiger partial charge in [-0.05, 0) is 63.7 Å². The summed E-state index contributed by atoms with van der Waals surface area (Å²) in [6.07, 6.45) is 0.701. The van der Waals surface area contributed by atoms with E-state index in [1.165, 1.54) is 0 Å². The Morgan fingerprint density at radius 3 is 1.52 bits per heavy atom. The molecule has 0 spiro atoms. The van der Waals surface area contributed by atoms with Crippen molar-refractivity contribution in [3.63, 3.8) is 0 Å². The fourth-order valence-electron chi connectivity index (χ4n) is 3.13. The van der Waals surface area contributed by atoms with Gasteiger partial charge in [0.25, 0.3) is 0 Å². The number of rotatable bonds is 8. The van der Waals surface area contributed by atoms with Gasteiger partial charge in [-0.1, -0.05) is 27.4 Å². The highest BCUT2D eigenvalue weighted by Gasteiger charge is 2.55. The normalized spacial score (nSPS) is 37.3. The summed E-state index contributed by atoms with van der Waals surface area (Å²) < 4.78 is 32.0. The molecule has 0 aromatic rings. The molecule has 27 heavy (non-hydrogen) atoms. The molecule has 6 nitrogen and oxygen atoms in total. The van der Waals surface area contributed by atoms with Crippen molar-refractivity contribution in [2.45, 2.75) is 84.5 Å². The predicted octanol–water partition coefficient (Wildman–Crippen LogP) is 4.92. The number of carbonyl (C=O) groups is 1. The van der Waals surface area contributed by atoms with Crippen LogP contribution in [0.2, 0.25) is 50.4 Å². The van der Waals surface area contributed by atoms with Crippen molar-refractivity contribution in [1.82, 2.24) is 0 Å². The summed E-state index contributed by atoms with van der Waals surface area (Å²) in [6.45, 7) is 20.5. The molecule has 2 atom stereocenters. The van der Waals surface area contributed by atoms with Gasteiger partial charge in [0, 0.05) is 5.57 Å². The Kier molecular flexibility index (Phi) is 8.88. The highest BCUT2D eigenvalue weighted by atomic mass is 28.5. The van der Waals surface area contributed by atoms with Gasteiger partial charge in [0.2, 0.25) is 0 Å². The van der Waals surface area contributed by atoms with Crippen LogP contribution in [-0.4, -0.2) is 46.8 Å². The maximum absolute atomic E-state index is 11.6. The Morgan fingerprint density at radius 1 is 0.815 bits per heavy atom. The molecule has 1 saturated heterocycles. The lowest BCUT2D eigenvalue weighted by atomic mass is 10.4. The van der Waals surface area contributed by atoms with Gasteiger partial charge in [-0.15, -0.1) is 0 Å². The number of hydrogen-bond donors (Lipinski definition) is 0. The summed E-state index contributed by atoms with van der Waals surface area (Å²) in [5.74, 6) is -0.349. The van der Waals surface area contributed by atoms with Crippen molar-refractivity contribution < 1.29 is 26.0 Å². The molecule has 0 aromatic heterocycles. The Bertz CT molecular complexity index is 524. The topological polar surface area (TPSA) is 63.2 Å². The second-order valence-corrected chi connectivity index (χ2v) is 23.0. The summed E-state index contributed by atoms with van der Waals surface area (Å²) in [5.41, 5.74) is 0.416. The van der Waals surface area contributed by atoms with Crippen molar-refractivity contribution in [1.29, 1.82) is 0 Å². The summed E-state index contributed by atoms with van der Waals surface area (Å²) in [7, 11) is -9.61. The van der Waals surface area contributed by atoms with Crippen molar-refractivity contribution in [3.8, 4) is 0 Å². The van der Waals surface area contributed by atoms with Gasteiger partial charge < -0.3 is 21.2 Å². The maximum atomic E-state index is 11.6. The molecule has 2 unspecified atom stereocenters. The van der Waals surface area contributed by atoms with Crippen LogP contribution in [0.5, 0.6) is 0 Å². The standard InChI is InChI=1S/C17H38O6Si4/c1-10-24(6)20-25(7,11-2)22-27(9,23-26(8,12-3)21-24)15-13-14-19-17(18)16(4)5/h4,10-15H2,1-3,5-9H3. The van der Waals surface area contributed by atoms with Gasteiger partial charge in [0.15, 0.2) is 0 Å². The summed E-state index contributed by atoms with van der Waals surface area (Å²) in [6, 6.07) is 3.36. The third kappa shape index (κ3) is 7.35. The molecule has 0 amide bonds. The second-order valence-electron chi connectivity index (χ2n) is 8.02. The minimum atomic E-state index is -2.52. The van der Waals surface area contributed by atoms with Crippen LogP contribution < -0.4 is 0 Å². The lowest BCUT2D eigenvalue weighted by molar-refractivity contribution is -0.138. The monoisotopic (exact) mass is 450 g/mol. The van der Waals surface area contributed by atoms with E-state index in [-0.39, 0.29) is 5.97 Å². The van der Waals surface area contributed by atoms with Gasteiger partial charge >= 0.3 is 40.2 Å². The number of hydrogen-bond acceptors (Lipinski definition) is 6. The van der Waals surface area contributed by atoms with Crippen LogP contribution in [0.15, 0.2) is 12.2 Å². The first kappa shape index (κ1) is 25.0. The molecule has 1 aliphatic rings. The average molecular weight is 451 g/mol. The lowest BCUT2D eigenvalue weighted by Gasteiger charge is -2.49. The molecule has 0 aromatic carbocycles. The van der Waals surface area contributed by atoms with E-state index in [9.17, 15) is 4.79 Å². The SMILES string of the molecule is C=C(C)C(=O)OCCC[Si]1(C)O[Si](C)(CC)O[Si](C)(CC)O[Si](C)(CC)O1. The highest BCUT2D eigenvalue weighted by Crippen LogP contribution is 2.36. The zero-order chi connectivity index (χ0) is 20.9. The molecular weight excluding hydrogens is 413 g/mol. The molecule has 0 bridgehead atoms. The quantitative estimate of drug-likeness (QED) is 0.226. The summed E-state index contributed by atoms with van der Waals surface area (Å²) in [5, 5.41) is 0. The van der Waals surface area contributed by atoms with Crippen LogP contribution in [0, 0.1) is 0 Å². The van der Waals surface area contributed by atoms with Gasteiger partial charge in [0.1, 0.15) is 0 Å². The van der Waals surface area contributed by atoms with E-state index in [0.29, 0.717) is 18.6 Å². The van der Waals surface area contributed by atoms with Gasteiger partial charge in [-0.25, -0.2) is 4.79 Å². The van der Waals surface area contributed by atoms with Crippen LogP contribution >= 0.6 is 0 Å². The predicted molar refractivity (Wildman–Crippen MR) is 117 cm³/mol. The van der Waals surface area contributed by atoms with Crippen molar-refractivity contribution >= 4 is 40.2 Å². The zero-order valence-electron chi connectivity index (χ0n) is 18.4. The molecule has 10 heteroatoms. The van der Waals surface area contributed by atoms with Crippen LogP contribution in [0.3, 0.4) is 0 Å². The minimum Gasteiger partial charge on any atom is -0.462 e. The molecule has 1 aliphatic heterocycles. The molecule has 1 heterocycles. The third-order valence-corrected chi connectivity index (χ3v) is 23.9. The maximum Gasteiger partial charge on any atom is 0.333 e. The van der Waals surface area contributed by atoms with Crippen molar-refractivity contribution in [2.24, 2.45) is 0 Å². The Hall–Kier alpha value is -0.0825. The van der Waals surface area contributed by atoms with E-state index >= 15 is 0 Å². The second kappa shape index (κ2) is 9.61. The van der Waals surface area contributed by atoms with Gasteiger partial charge in [-0.2, -0.15) is 0 Å². The highest BCUT2D eigenvalue weighted by molar-refractivity contribution is 6.93. The molecule has 0 N–H and O–H groups in total. The van der Waals surface area contributed by atoms with E-state index < -0.39 is 34.2 Å². The molecule has 0 radical (unpaired) electrons. The molecule has 1 fully saturated rings. The smallest absolute Gasteiger partial charge is 0.333 e. The number of carbonyl (C=O) groups excluding carboxylic acids is 1. The largest absolute Gasteiger partial charge is 0.462 e. The lowest BCUT2D eigenvalue weighted by Crippen LogP contribution is -2.66. The van der Waals surface area contributed by atoms with E-state index in [4.69, 9.17) is 21.2 Å². The first-order valence-electron chi connectivity index (χ1n) is 9.97. The van der Waals surface area contributed by atoms with Gasteiger partial charge in [0.05, 0.1) is 6.61 Å². The van der Waals surface area contributed by atoms with Crippen LogP contribution in [0.1, 0.15) is 34.1 Å². The summed E-state index contributed by atoms with van der Waals surface area (Å²) >= 11 is 0. The van der Waals surface area contributed by atoms with E-state index in [2.05, 4.69) is 53.5 Å². The zero-order valence-corrected chi connectivity index (χ0v) is 22.4.